The maximum absolute atomic E-state index is 13.0. The van der Waals surface area contributed by atoms with E-state index in [9.17, 15) is 9.18 Å². The van der Waals surface area contributed by atoms with Gasteiger partial charge in [0, 0.05) is 12.2 Å². The van der Waals surface area contributed by atoms with Gasteiger partial charge in [-0.15, -0.1) is 10.2 Å². The quantitative estimate of drug-likeness (QED) is 0.633. The van der Waals surface area contributed by atoms with Crippen molar-refractivity contribution in [3.05, 3.63) is 36.4 Å². The van der Waals surface area contributed by atoms with E-state index in [0.29, 0.717) is 10.8 Å². The van der Waals surface area contributed by atoms with Gasteiger partial charge in [-0.25, -0.2) is 9.07 Å². The van der Waals surface area contributed by atoms with Gasteiger partial charge >= 0.3 is 0 Å². The van der Waals surface area contributed by atoms with Crippen molar-refractivity contribution in [3.63, 3.8) is 0 Å². The van der Waals surface area contributed by atoms with E-state index in [-0.39, 0.29) is 30.4 Å². The number of nitriles is 1. The molecule has 2 aromatic rings. The average molecular weight is 320 g/mol. The third-order valence-electron chi connectivity index (χ3n) is 2.75. The molecule has 0 saturated heterocycles. The van der Waals surface area contributed by atoms with Gasteiger partial charge in [-0.2, -0.15) is 5.26 Å². The summed E-state index contributed by atoms with van der Waals surface area (Å²) in [6, 6.07) is 7.53. The summed E-state index contributed by atoms with van der Waals surface area (Å²) in [5, 5.41) is 16.5. The lowest BCUT2D eigenvalue weighted by Crippen LogP contribution is -2.33. The van der Waals surface area contributed by atoms with Gasteiger partial charge in [0.25, 0.3) is 0 Å². The molecule has 2 rings (SSSR count). The van der Waals surface area contributed by atoms with Crippen LogP contribution < -0.4 is 10.7 Å². The Morgan fingerprint density at radius 1 is 1.45 bits per heavy atom. The van der Waals surface area contributed by atoms with Crippen molar-refractivity contribution in [2.24, 2.45) is 0 Å². The highest BCUT2D eigenvalue weighted by Gasteiger charge is 2.17. The van der Waals surface area contributed by atoms with E-state index < -0.39 is 0 Å². The number of halogens is 1. The van der Waals surface area contributed by atoms with Crippen molar-refractivity contribution in [1.82, 2.24) is 14.9 Å². The van der Waals surface area contributed by atoms with Crippen molar-refractivity contribution in [2.75, 3.05) is 23.0 Å². The third-order valence-corrected chi connectivity index (χ3v) is 3.69. The molecule has 22 heavy (non-hydrogen) atoms. The van der Waals surface area contributed by atoms with E-state index in [1.54, 1.807) is 0 Å². The Kier molecular flexibility index (Phi) is 5.32. The van der Waals surface area contributed by atoms with Crippen molar-refractivity contribution >= 4 is 23.4 Å². The Hall–Kier alpha value is -2.60. The minimum Gasteiger partial charge on any atom is -0.336 e. The van der Waals surface area contributed by atoms with Gasteiger partial charge < -0.3 is 10.7 Å². The molecule has 1 amide bonds. The molecule has 7 nitrogen and oxygen atoms in total. The Bertz CT molecular complexity index is 681. The number of hydrogen-bond donors (Lipinski definition) is 1. The highest BCUT2D eigenvalue weighted by atomic mass is 32.2. The van der Waals surface area contributed by atoms with E-state index in [1.807, 2.05) is 6.07 Å². The second kappa shape index (κ2) is 7.42. The predicted molar refractivity (Wildman–Crippen MR) is 79.9 cm³/mol. The van der Waals surface area contributed by atoms with Crippen LogP contribution >= 0.6 is 11.8 Å². The summed E-state index contributed by atoms with van der Waals surface area (Å²) in [6.07, 6.45) is 1.51. The number of hydrogen-bond acceptors (Lipinski definition) is 6. The maximum Gasteiger partial charge on any atom is 0.237 e. The first-order chi connectivity index (χ1) is 10.6. The highest BCUT2D eigenvalue weighted by molar-refractivity contribution is 7.99. The van der Waals surface area contributed by atoms with Crippen LogP contribution in [0.5, 0.6) is 0 Å². The van der Waals surface area contributed by atoms with E-state index in [2.05, 4.69) is 10.2 Å². The number of amides is 1. The fourth-order valence-electron chi connectivity index (χ4n) is 1.72. The molecule has 2 N–H and O–H groups in total. The lowest BCUT2D eigenvalue weighted by Gasteiger charge is -2.21. The molecular weight excluding hydrogens is 307 g/mol. The molecule has 0 radical (unpaired) electrons. The minimum atomic E-state index is -0.387. The molecule has 0 bridgehead atoms. The fraction of sp³-hybridized carbons (Fsp3) is 0.231. The molecular formula is C13H13FN6OS. The monoisotopic (exact) mass is 320 g/mol. The van der Waals surface area contributed by atoms with Crippen LogP contribution in [0.25, 0.3) is 0 Å². The van der Waals surface area contributed by atoms with Crippen LogP contribution in [0.3, 0.4) is 0 Å². The molecule has 0 aliphatic heterocycles. The number of carbonyl (C=O) groups excluding carboxylic acids is 1. The lowest BCUT2D eigenvalue weighted by atomic mass is 10.2. The Morgan fingerprint density at radius 3 is 2.77 bits per heavy atom. The molecule has 0 atom stereocenters. The van der Waals surface area contributed by atoms with Crippen LogP contribution in [0.1, 0.15) is 6.42 Å². The van der Waals surface area contributed by atoms with Gasteiger partial charge in [0.05, 0.1) is 18.2 Å². The van der Waals surface area contributed by atoms with E-state index in [0.717, 1.165) is 11.8 Å². The maximum atomic E-state index is 13.0. The minimum absolute atomic E-state index is 0.0820. The summed E-state index contributed by atoms with van der Waals surface area (Å²) in [7, 11) is 0. The normalized spacial score (nSPS) is 10.2. The number of aromatic nitrogens is 3. The second-order valence-electron chi connectivity index (χ2n) is 4.24. The number of nitrogen functional groups attached to an aromatic ring is 1. The molecule has 0 spiro atoms. The van der Waals surface area contributed by atoms with Crippen LogP contribution in [0, 0.1) is 17.1 Å². The average Bonchev–Trinajstić information content (AvgIpc) is 2.92. The summed E-state index contributed by atoms with van der Waals surface area (Å²) >= 11 is 1.14. The third kappa shape index (κ3) is 3.95. The van der Waals surface area contributed by atoms with E-state index >= 15 is 0 Å². The molecule has 0 aliphatic carbocycles. The number of carbonyl (C=O) groups is 1. The molecule has 0 aliphatic rings. The molecule has 1 aromatic heterocycles. The first-order valence-corrected chi connectivity index (χ1v) is 7.31. The Balaban J connectivity index is 2.07. The smallest absolute Gasteiger partial charge is 0.237 e. The van der Waals surface area contributed by atoms with Gasteiger partial charge in [0.15, 0.2) is 0 Å². The summed E-state index contributed by atoms with van der Waals surface area (Å²) in [5.41, 5.74) is 0.538. The van der Waals surface area contributed by atoms with Gasteiger partial charge in [-0.1, -0.05) is 11.8 Å². The zero-order chi connectivity index (χ0) is 15.9. The van der Waals surface area contributed by atoms with Gasteiger partial charge in [-0.3, -0.25) is 4.79 Å². The van der Waals surface area contributed by atoms with Crippen LogP contribution in [-0.4, -0.2) is 33.1 Å². The predicted octanol–water partition coefficient (Wildman–Crippen LogP) is 1.17. The number of thioether (sulfide) groups is 1. The first-order valence-electron chi connectivity index (χ1n) is 6.32. The highest BCUT2D eigenvalue weighted by Crippen LogP contribution is 2.19. The zero-order valence-corrected chi connectivity index (χ0v) is 12.3. The van der Waals surface area contributed by atoms with Gasteiger partial charge in [0.1, 0.15) is 12.1 Å². The topological polar surface area (TPSA) is 101 Å². The molecule has 1 aromatic carbocycles. The summed E-state index contributed by atoms with van der Waals surface area (Å²) in [4.78, 5) is 13.8. The number of rotatable bonds is 6. The number of nitrogens with zero attached hydrogens (tertiary/aromatic N) is 5. The van der Waals surface area contributed by atoms with E-state index in [1.165, 1.54) is 40.2 Å². The fourth-order valence-corrected chi connectivity index (χ4v) is 2.43. The van der Waals surface area contributed by atoms with E-state index in [4.69, 9.17) is 11.1 Å². The van der Waals surface area contributed by atoms with Crippen molar-refractivity contribution < 1.29 is 9.18 Å². The van der Waals surface area contributed by atoms with Gasteiger partial charge in [-0.05, 0) is 24.3 Å². The number of anilines is 1. The second-order valence-corrected chi connectivity index (χ2v) is 5.18. The first kappa shape index (κ1) is 15.8. The Morgan fingerprint density at radius 2 is 2.18 bits per heavy atom. The lowest BCUT2D eigenvalue weighted by molar-refractivity contribution is -0.116. The van der Waals surface area contributed by atoms with Crippen LogP contribution in [-0.2, 0) is 4.79 Å². The zero-order valence-electron chi connectivity index (χ0n) is 11.5. The Labute approximate surface area is 130 Å². The molecule has 0 unspecified atom stereocenters. The number of benzene rings is 1. The van der Waals surface area contributed by atoms with Crippen LogP contribution in [0.4, 0.5) is 10.1 Å². The molecule has 114 valence electrons. The van der Waals surface area contributed by atoms with Crippen molar-refractivity contribution in [3.8, 4) is 6.07 Å². The number of nitrogens with two attached hydrogens (primary N) is 1. The standard InChI is InChI=1S/C13H13FN6OS/c14-10-2-4-11(5-3-10)19(7-1-6-15)12(21)8-22-13-18-17-9-20(13)16/h2-5,9H,1,7-8,16H2. The molecule has 1 heterocycles. The molecule has 0 saturated carbocycles. The largest absolute Gasteiger partial charge is 0.336 e. The van der Waals surface area contributed by atoms with Crippen LogP contribution in [0.2, 0.25) is 0 Å². The molecule has 9 heteroatoms. The van der Waals surface area contributed by atoms with Gasteiger partial charge in [0.2, 0.25) is 11.1 Å². The summed E-state index contributed by atoms with van der Waals surface area (Å²) < 4.78 is 14.2. The summed E-state index contributed by atoms with van der Waals surface area (Å²) in [5.74, 6) is 5.04. The van der Waals surface area contributed by atoms with Crippen LogP contribution in [0.15, 0.2) is 35.7 Å². The van der Waals surface area contributed by atoms with Crippen molar-refractivity contribution in [1.29, 1.82) is 5.26 Å². The SMILES string of the molecule is N#CCCN(C(=O)CSc1nncn1N)c1ccc(F)cc1. The van der Waals surface area contributed by atoms with Crippen molar-refractivity contribution in [2.45, 2.75) is 11.6 Å². The molecule has 0 fully saturated rings. The summed E-state index contributed by atoms with van der Waals surface area (Å²) in [6.45, 7) is 0.233.